The number of carbonyl (C=O) groups excluding carboxylic acids is 1. The van der Waals surface area contributed by atoms with E-state index in [1.807, 2.05) is 0 Å². The van der Waals surface area contributed by atoms with Gasteiger partial charge < -0.3 is 9.72 Å². The Labute approximate surface area is 111 Å². The van der Waals surface area contributed by atoms with Gasteiger partial charge in [-0.2, -0.15) is 0 Å². The molecule has 2 rings (SSSR count). The zero-order valence-corrected chi connectivity index (χ0v) is 10.4. The highest BCUT2D eigenvalue weighted by molar-refractivity contribution is 5.88. The third kappa shape index (κ3) is 2.48. The van der Waals surface area contributed by atoms with E-state index in [2.05, 4.69) is 9.97 Å². The van der Waals surface area contributed by atoms with Crippen LogP contribution in [-0.4, -0.2) is 27.1 Å². The zero-order valence-electron chi connectivity index (χ0n) is 10.4. The Kier molecular flexibility index (Phi) is 3.74. The van der Waals surface area contributed by atoms with Crippen molar-refractivity contribution in [3.05, 3.63) is 56.7 Å². The maximum atomic E-state index is 12.8. The first-order chi connectivity index (χ1) is 9.54. The number of rotatable bonds is 3. The summed E-state index contributed by atoms with van der Waals surface area (Å²) in [4.78, 5) is 41.2. The van der Waals surface area contributed by atoms with Crippen LogP contribution < -0.4 is 11.2 Å². The number of esters is 1. The number of nitrogens with one attached hydrogen (secondary N) is 1. The van der Waals surface area contributed by atoms with Crippen LogP contribution in [0.15, 0.2) is 34.1 Å². The predicted molar refractivity (Wildman–Crippen MR) is 66.4 cm³/mol. The first-order valence-corrected chi connectivity index (χ1v) is 5.68. The number of pyridine rings is 1. The summed E-state index contributed by atoms with van der Waals surface area (Å²) in [5.74, 6) is -1.56. The van der Waals surface area contributed by atoms with Crippen LogP contribution >= 0.6 is 0 Å². The lowest BCUT2D eigenvalue weighted by Gasteiger charge is -2.05. The highest BCUT2D eigenvalue weighted by Crippen LogP contribution is 2.01. The molecule has 104 valence electrons. The molecule has 0 unspecified atom stereocenters. The van der Waals surface area contributed by atoms with E-state index in [0.717, 1.165) is 24.5 Å². The average Bonchev–Trinajstić information content (AvgIpc) is 2.41. The molecule has 2 aromatic rings. The molecule has 20 heavy (non-hydrogen) atoms. The largest absolute Gasteiger partial charge is 0.462 e. The minimum atomic E-state index is -0.883. The van der Waals surface area contributed by atoms with Crippen LogP contribution in [-0.2, 0) is 4.74 Å². The molecule has 0 aromatic carbocycles. The summed E-state index contributed by atoms with van der Waals surface area (Å²) in [6.45, 7) is 1.68. The number of hydrogen-bond donors (Lipinski definition) is 1. The molecule has 8 heteroatoms. The number of nitrogens with zero attached hydrogens (tertiary/aromatic N) is 2. The van der Waals surface area contributed by atoms with E-state index < -0.39 is 23.0 Å². The van der Waals surface area contributed by atoms with Crippen molar-refractivity contribution in [1.82, 2.24) is 14.5 Å². The summed E-state index contributed by atoms with van der Waals surface area (Å²) in [6.07, 6.45) is 1.83. The van der Waals surface area contributed by atoms with Crippen molar-refractivity contribution in [2.45, 2.75) is 6.92 Å². The molecule has 0 amide bonds. The van der Waals surface area contributed by atoms with Gasteiger partial charge in [-0.15, -0.1) is 0 Å². The second kappa shape index (κ2) is 5.47. The Bertz CT molecular complexity index is 749. The van der Waals surface area contributed by atoms with Crippen LogP contribution in [0.5, 0.6) is 0 Å². The van der Waals surface area contributed by atoms with Crippen LogP contribution in [0, 0.1) is 5.82 Å². The Balaban J connectivity index is 2.62. The summed E-state index contributed by atoms with van der Waals surface area (Å²) in [5, 5.41) is 0. The molecule has 2 aromatic heterocycles. The van der Waals surface area contributed by atoms with E-state index >= 15 is 0 Å². The third-order valence-corrected chi connectivity index (χ3v) is 2.41. The zero-order chi connectivity index (χ0) is 14.7. The lowest BCUT2D eigenvalue weighted by Crippen LogP contribution is -2.37. The molecule has 0 saturated carbocycles. The maximum Gasteiger partial charge on any atom is 0.345 e. The fourth-order valence-corrected chi connectivity index (χ4v) is 1.54. The summed E-state index contributed by atoms with van der Waals surface area (Å²) >= 11 is 0. The Hall–Kier alpha value is -2.77. The molecule has 0 aliphatic rings. The molecule has 2 heterocycles. The standard InChI is InChI=1S/C12H10FN3O4/c1-2-20-11(18)8-6-15-12(19)16(10(8)17)9-4-3-7(13)5-14-9/h3-6H,2H2,1H3,(H,15,19). The molecule has 1 N–H and O–H groups in total. The van der Waals surface area contributed by atoms with Crippen LogP contribution in [0.1, 0.15) is 17.3 Å². The number of halogens is 1. The van der Waals surface area contributed by atoms with Gasteiger partial charge in [0.05, 0.1) is 12.8 Å². The van der Waals surface area contributed by atoms with E-state index in [1.165, 1.54) is 0 Å². The first-order valence-electron chi connectivity index (χ1n) is 5.68. The number of carbonyl (C=O) groups is 1. The van der Waals surface area contributed by atoms with Gasteiger partial charge in [0.2, 0.25) is 0 Å². The third-order valence-electron chi connectivity index (χ3n) is 2.41. The Morgan fingerprint density at radius 1 is 1.45 bits per heavy atom. The molecule has 0 bridgehead atoms. The molecule has 0 spiro atoms. The lowest BCUT2D eigenvalue weighted by atomic mass is 10.3. The molecule has 0 aliphatic heterocycles. The predicted octanol–water partition coefficient (Wildman–Crippen LogP) is 0.237. The van der Waals surface area contributed by atoms with E-state index in [4.69, 9.17) is 4.74 Å². The summed E-state index contributed by atoms with van der Waals surface area (Å²) < 4.78 is 18.1. The van der Waals surface area contributed by atoms with Gasteiger partial charge in [-0.05, 0) is 19.1 Å². The van der Waals surface area contributed by atoms with Gasteiger partial charge in [0.15, 0.2) is 0 Å². The monoisotopic (exact) mass is 279 g/mol. The van der Waals surface area contributed by atoms with Crippen molar-refractivity contribution < 1.29 is 13.9 Å². The fourth-order valence-electron chi connectivity index (χ4n) is 1.54. The van der Waals surface area contributed by atoms with Gasteiger partial charge >= 0.3 is 11.7 Å². The van der Waals surface area contributed by atoms with Gasteiger partial charge in [0.25, 0.3) is 5.56 Å². The molecule has 0 aliphatic carbocycles. The first kappa shape index (κ1) is 13.7. The smallest absolute Gasteiger partial charge is 0.345 e. The van der Waals surface area contributed by atoms with Crippen molar-refractivity contribution in [1.29, 1.82) is 0 Å². The van der Waals surface area contributed by atoms with E-state index in [1.54, 1.807) is 6.92 Å². The van der Waals surface area contributed by atoms with Gasteiger partial charge in [0.1, 0.15) is 17.2 Å². The summed E-state index contributed by atoms with van der Waals surface area (Å²) in [6, 6.07) is 2.20. The SMILES string of the molecule is CCOC(=O)c1c[nH]c(=O)n(-c2ccc(F)cn2)c1=O. The van der Waals surface area contributed by atoms with Gasteiger partial charge in [-0.1, -0.05) is 0 Å². The molecular weight excluding hydrogens is 269 g/mol. The van der Waals surface area contributed by atoms with Crippen molar-refractivity contribution in [2.75, 3.05) is 6.61 Å². The van der Waals surface area contributed by atoms with Crippen molar-refractivity contribution >= 4 is 5.97 Å². The minimum Gasteiger partial charge on any atom is -0.462 e. The summed E-state index contributed by atoms with van der Waals surface area (Å²) in [7, 11) is 0. The van der Waals surface area contributed by atoms with Gasteiger partial charge in [-0.3, -0.25) is 4.79 Å². The lowest BCUT2D eigenvalue weighted by molar-refractivity contribution is 0.0523. The van der Waals surface area contributed by atoms with Crippen molar-refractivity contribution in [3.63, 3.8) is 0 Å². The number of ether oxygens (including phenoxy) is 1. The second-order valence-corrected chi connectivity index (χ2v) is 3.70. The second-order valence-electron chi connectivity index (χ2n) is 3.70. The van der Waals surface area contributed by atoms with Crippen LogP contribution in [0.25, 0.3) is 5.82 Å². The highest BCUT2D eigenvalue weighted by atomic mass is 19.1. The quantitative estimate of drug-likeness (QED) is 0.812. The molecule has 0 radical (unpaired) electrons. The topological polar surface area (TPSA) is 94.1 Å². The molecule has 0 atom stereocenters. The molecule has 7 nitrogen and oxygen atoms in total. The maximum absolute atomic E-state index is 12.8. The van der Waals surface area contributed by atoms with Gasteiger partial charge in [0, 0.05) is 6.20 Å². The normalized spacial score (nSPS) is 10.3. The van der Waals surface area contributed by atoms with Crippen molar-refractivity contribution in [3.8, 4) is 5.82 Å². The number of hydrogen-bond acceptors (Lipinski definition) is 5. The average molecular weight is 279 g/mol. The molecule has 0 fully saturated rings. The number of aromatic nitrogens is 3. The Morgan fingerprint density at radius 3 is 2.80 bits per heavy atom. The molecule has 0 saturated heterocycles. The van der Waals surface area contributed by atoms with Crippen LogP contribution in [0.4, 0.5) is 4.39 Å². The number of aromatic amines is 1. The van der Waals surface area contributed by atoms with E-state index in [9.17, 15) is 18.8 Å². The van der Waals surface area contributed by atoms with Crippen LogP contribution in [0.3, 0.4) is 0 Å². The van der Waals surface area contributed by atoms with Crippen LogP contribution in [0.2, 0.25) is 0 Å². The highest BCUT2D eigenvalue weighted by Gasteiger charge is 2.17. The van der Waals surface area contributed by atoms with Crippen molar-refractivity contribution in [2.24, 2.45) is 0 Å². The van der Waals surface area contributed by atoms with E-state index in [-0.39, 0.29) is 18.0 Å². The molecular formula is C12H10FN3O4. The van der Waals surface area contributed by atoms with Gasteiger partial charge in [-0.25, -0.2) is 23.5 Å². The summed E-state index contributed by atoms with van der Waals surface area (Å²) in [5.41, 5.74) is -2.01. The Morgan fingerprint density at radius 2 is 2.20 bits per heavy atom. The fraction of sp³-hybridized carbons (Fsp3) is 0.167. The number of H-pyrrole nitrogens is 1. The van der Waals surface area contributed by atoms with E-state index in [0.29, 0.717) is 4.57 Å². The minimum absolute atomic E-state index is 0.0895.